The number of hydrogen-bond acceptors (Lipinski definition) is 5. The lowest BCUT2D eigenvalue weighted by Gasteiger charge is -2.12. The van der Waals surface area contributed by atoms with Gasteiger partial charge in [0.05, 0.1) is 25.9 Å². The number of nitrogens with two attached hydrogens (primary N) is 1. The third-order valence-electron chi connectivity index (χ3n) is 2.19. The van der Waals surface area contributed by atoms with E-state index in [-0.39, 0.29) is 12.1 Å². The van der Waals surface area contributed by atoms with E-state index < -0.39 is 5.97 Å². The standard InChI is InChI=1S/C11H12N2O3/c1-15-10-8(11(14)16-2)4-3-7(5-12)9(10)6-13/h3-4H,6,13H2,1-2H3. The minimum Gasteiger partial charge on any atom is -0.495 e. The smallest absolute Gasteiger partial charge is 0.341 e. The van der Waals surface area contributed by atoms with Crippen molar-refractivity contribution in [2.75, 3.05) is 14.2 Å². The summed E-state index contributed by atoms with van der Waals surface area (Å²) in [6.45, 7) is 0.122. The number of carbonyl (C=O) groups is 1. The average molecular weight is 220 g/mol. The Labute approximate surface area is 93.4 Å². The monoisotopic (exact) mass is 220 g/mol. The molecule has 0 amide bonds. The average Bonchev–Trinajstić information content (AvgIpc) is 2.35. The van der Waals surface area contributed by atoms with Gasteiger partial charge in [-0.05, 0) is 12.1 Å². The third-order valence-corrected chi connectivity index (χ3v) is 2.19. The van der Waals surface area contributed by atoms with Crippen LogP contribution < -0.4 is 10.5 Å². The minimum atomic E-state index is -0.518. The first kappa shape index (κ1) is 12.0. The number of methoxy groups -OCH3 is 2. The quantitative estimate of drug-likeness (QED) is 0.762. The Balaban J connectivity index is 3.44. The second-order valence-electron chi connectivity index (χ2n) is 2.98. The van der Waals surface area contributed by atoms with Crippen molar-refractivity contribution in [2.45, 2.75) is 6.54 Å². The van der Waals surface area contributed by atoms with Crippen molar-refractivity contribution in [2.24, 2.45) is 5.73 Å². The van der Waals surface area contributed by atoms with Crippen LogP contribution >= 0.6 is 0 Å². The SMILES string of the molecule is COC(=O)c1ccc(C#N)c(CN)c1OC. The van der Waals surface area contributed by atoms with Crippen LogP contribution in [0.15, 0.2) is 12.1 Å². The van der Waals surface area contributed by atoms with Crippen molar-refractivity contribution in [3.8, 4) is 11.8 Å². The summed E-state index contributed by atoms with van der Waals surface area (Å²) in [4.78, 5) is 11.4. The molecule has 0 fully saturated rings. The van der Waals surface area contributed by atoms with Crippen molar-refractivity contribution in [3.05, 3.63) is 28.8 Å². The number of hydrogen-bond donors (Lipinski definition) is 1. The molecule has 0 spiro atoms. The van der Waals surface area contributed by atoms with Gasteiger partial charge < -0.3 is 15.2 Å². The molecule has 1 aromatic carbocycles. The van der Waals surface area contributed by atoms with Gasteiger partial charge in [-0.3, -0.25) is 0 Å². The summed E-state index contributed by atoms with van der Waals surface area (Å²) in [5.41, 5.74) is 6.70. The molecule has 0 saturated heterocycles. The number of nitrogens with zero attached hydrogens (tertiary/aromatic N) is 1. The third kappa shape index (κ3) is 1.97. The fourth-order valence-corrected chi connectivity index (χ4v) is 1.44. The highest BCUT2D eigenvalue weighted by Gasteiger charge is 2.18. The molecule has 0 bridgehead atoms. The first-order chi connectivity index (χ1) is 7.69. The van der Waals surface area contributed by atoms with Crippen molar-refractivity contribution in [1.29, 1.82) is 5.26 Å². The fourth-order valence-electron chi connectivity index (χ4n) is 1.44. The number of ether oxygens (including phenoxy) is 2. The van der Waals surface area contributed by atoms with Crippen LogP contribution in [0.1, 0.15) is 21.5 Å². The van der Waals surface area contributed by atoms with Gasteiger partial charge in [0, 0.05) is 12.1 Å². The fraction of sp³-hybridized carbons (Fsp3) is 0.273. The van der Waals surface area contributed by atoms with Crippen molar-refractivity contribution < 1.29 is 14.3 Å². The second-order valence-corrected chi connectivity index (χ2v) is 2.98. The van der Waals surface area contributed by atoms with Gasteiger partial charge in [-0.2, -0.15) is 5.26 Å². The minimum absolute atomic E-state index is 0.122. The number of rotatable bonds is 3. The van der Waals surface area contributed by atoms with Crippen LogP contribution in [0.5, 0.6) is 5.75 Å². The van der Waals surface area contributed by atoms with Crippen molar-refractivity contribution in [3.63, 3.8) is 0 Å². The largest absolute Gasteiger partial charge is 0.495 e. The molecule has 84 valence electrons. The van der Waals surface area contributed by atoms with Gasteiger partial charge in [0.15, 0.2) is 0 Å². The predicted octanol–water partition coefficient (Wildman–Crippen LogP) is 0.812. The molecular formula is C11H12N2O3. The first-order valence-electron chi connectivity index (χ1n) is 4.57. The molecule has 0 aliphatic heterocycles. The molecule has 0 heterocycles. The molecule has 0 atom stereocenters. The van der Waals surface area contributed by atoms with E-state index >= 15 is 0 Å². The topological polar surface area (TPSA) is 85.3 Å². The maximum absolute atomic E-state index is 11.4. The summed E-state index contributed by atoms with van der Waals surface area (Å²) in [6, 6.07) is 5.01. The van der Waals surface area contributed by atoms with Crippen LogP contribution in [0.4, 0.5) is 0 Å². The van der Waals surface area contributed by atoms with Gasteiger partial charge >= 0.3 is 5.97 Å². The molecule has 2 N–H and O–H groups in total. The second kappa shape index (κ2) is 5.14. The zero-order valence-electron chi connectivity index (χ0n) is 9.11. The Kier molecular flexibility index (Phi) is 3.86. The zero-order valence-corrected chi connectivity index (χ0v) is 9.11. The molecule has 1 aromatic rings. The Bertz CT molecular complexity index is 449. The van der Waals surface area contributed by atoms with Crippen LogP contribution in [-0.4, -0.2) is 20.2 Å². The summed E-state index contributed by atoms with van der Waals surface area (Å²) < 4.78 is 9.71. The molecule has 0 saturated carbocycles. The molecule has 0 radical (unpaired) electrons. The Morgan fingerprint density at radius 1 is 1.50 bits per heavy atom. The molecule has 0 aliphatic carbocycles. The van der Waals surface area contributed by atoms with Gasteiger partial charge in [0.1, 0.15) is 11.3 Å². The molecule has 0 aliphatic rings. The normalized spacial score (nSPS) is 9.38. The Hall–Kier alpha value is -2.06. The number of nitriles is 1. The van der Waals surface area contributed by atoms with Crippen molar-refractivity contribution in [1.82, 2.24) is 0 Å². The molecule has 0 aromatic heterocycles. The Morgan fingerprint density at radius 3 is 2.62 bits per heavy atom. The molecule has 1 rings (SSSR count). The van der Waals surface area contributed by atoms with E-state index in [9.17, 15) is 4.79 Å². The van der Waals surface area contributed by atoms with Gasteiger partial charge in [0.25, 0.3) is 0 Å². The molecule has 5 nitrogen and oxygen atoms in total. The summed E-state index contributed by atoms with van der Waals surface area (Å²) >= 11 is 0. The number of carbonyl (C=O) groups excluding carboxylic acids is 1. The lowest BCUT2D eigenvalue weighted by molar-refractivity contribution is 0.0597. The van der Waals surface area contributed by atoms with Crippen LogP contribution in [0, 0.1) is 11.3 Å². The van der Waals surface area contributed by atoms with Crippen LogP contribution in [-0.2, 0) is 11.3 Å². The summed E-state index contributed by atoms with van der Waals surface area (Å²) in [7, 11) is 2.70. The molecule has 16 heavy (non-hydrogen) atoms. The van der Waals surface area contributed by atoms with Crippen LogP contribution in [0.2, 0.25) is 0 Å². The van der Waals surface area contributed by atoms with Crippen LogP contribution in [0.25, 0.3) is 0 Å². The maximum atomic E-state index is 11.4. The predicted molar refractivity (Wildman–Crippen MR) is 56.9 cm³/mol. The number of esters is 1. The lowest BCUT2D eigenvalue weighted by atomic mass is 10.0. The first-order valence-corrected chi connectivity index (χ1v) is 4.57. The summed E-state index contributed by atoms with van der Waals surface area (Å²) in [6.07, 6.45) is 0. The number of benzene rings is 1. The summed E-state index contributed by atoms with van der Waals surface area (Å²) in [5.74, 6) is -0.218. The highest BCUT2D eigenvalue weighted by molar-refractivity contribution is 5.93. The van der Waals surface area contributed by atoms with Crippen molar-refractivity contribution >= 4 is 5.97 Å². The van der Waals surface area contributed by atoms with Gasteiger partial charge in [-0.25, -0.2) is 4.79 Å². The van der Waals surface area contributed by atoms with E-state index in [1.807, 2.05) is 6.07 Å². The molecular weight excluding hydrogens is 208 g/mol. The van der Waals surface area contributed by atoms with E-state index in [0.29, 0.717) is 16.9 Å². The lowest BCUT2D eigenvalue weighted by Crippen LogP contribution is -2.10. The van der Waals surface area contributed by atoms with E-state index in [1.165, 1.54) is 26.4 Å². The molecule has 0 unspecified atom stereocenters. The molecule has 5 heteroatoms. The van der Waals surface area contributed by atoms with Gasteiger partial charge in [-0.1, -0.05) is 0 Å². The van der Waals surface area contributed by atoms with Crippen LogP contribution in [0.3, 0.4) is 0 Å². The van der Waals surface area contributed by atoms with Gasteiger partial charge in [-0.15, -0.1) is 0 Å². The van der Waals surface area contributed by atoms with E-state index in [1.54, 1.807) is 0 Å². The maximum Gasteiger partial charge on any atom is 0.341 e. The van der Waals surface area contributed by atoms with E-state index in [4.69, 9.17) is 15.7 Å². The summed E-state index contributed by atoms with van der Waals surface area (Å²) in [5, 5.41) is 8.88. The highest BCUT2D eigenvalue weighted by atomic mass is 16.5. The Morgan fingerprint density at radius 2 is 2.19 bits per heavy atom. The zero-order chi connectivity index (χ0) is 12.1. The van der Waals surface area contributed by atoms with E-state index in [2.05, 4.69) is 4.74 Å². The van der Waals surface area contributed by atoms with Gasteiger partial charge in [0.2, 0.25) is 0 Å². The highest BCUT2D eigenvalue weighted by Crippen LogP contribution is 2.27. The van der Waals surface area contributed by atoms with E-state index in [0.717, 1.165) is 0 Å².